The van der Waals surface area contributed by atoms with Gasteiger partial charge in [-0.15, -0.1) is 0 Å². The molecule has 1 aromatic heterocycles. The Labute approximate surface area is 115 Å². The smallest absolute Gasteiger partial charge is 0.357 e. The number of carbonyl (C=O) groups is 1. The van der Waals surface area contributed by atoms with Crippen molar-refractivity contribution < 1.29 is 19.4 Å². The number of aromatic carboxylic acids is 1. The van der Waals surface area contributed by atoms with Gasteiger partial charge in [0.2, 0.25) is 5.89 Å². The molecule has 0 aliphatic rings. The fourth-order valence-corrected chi connectivity index (χ4v) is 1.87. The van der Waals surface area contributed by atoms with E-state index in [9.17, 15) is 9.90 Å². The van der Waals surface area contributed by atoms with Crippen molar-refractivity contribution in [1.29, 1.82) is 0 Å². The van der Waals surface area contributed by atoms with Crippen molar-refractivity contribution in [2.75, 3.05) is 0 Å². The van der Waals surface area contributed by atoms with E-state index in [2.05, 4.69) is 4.98 Å². The lowest BCUT2D eigenvalue weighted by Gasteiger charge is -2.13. The zero-order chi connectivity index (χ0) is 14.5. The van der Waals surface area contributed by atoms with E-state index in [1.165, 1.54) is 0 Å². The average molecular weight is 276 g/mol. The molecule has 1 aromatic carbocycles. The van der Waals surface area contributed by atoms with Crippen LogP contribution >= 0.6 is 0 Å². The predicted molar refractivity (Wildman–Crippen MR) is 71.0 cm³/mol. The van der Waals surface area contributed by atoms with E-state index < -0.39 is 12.1 Å². The highest BCUT2D eigenvalue weighted by Crippen LogP contribution is 2.23. The minimum Gasteiger partial charge on any atom is -0.476 e. The molecule has 0 radical (unpaired) electrons. The first-order chi connectivity index (χ1) is 9.58. The van der Waals surface area contributed by atoms with Crippen molar-refractivity contribution >= 4 is 5.97 Å². The topological polar surface area (TPSA) is 110 Å². The van der Waals surface area contributed by atoms with Gasteiger partial charge in [-0.3, -0.25) is 0 Å². The molecule has 0 bridgehead atoms. The maximum atomic E-state index is 10.7. The number of aliphatic hydroxyl groups excluding tert-OH is 1. The Kier molecular flexibility index (Phi) is 4.49. The van der Waals surface area contributed by atoms with Gasteiger partial charge in [0.1, 0.15) is 12.4 Å². The van der Waals surface area contributed by atoms with Gasteiger partial charge >= 0.3 is 5.97 Å². The summed E-state index contributed by atoms with van der Waals surface area (Å²) in [5, 5.41) is 18.6. The quantitative estimate of drug-likeness (QED) is 0.743. The van der Waals surface area contributed by atoms with Crippen LogP contribution in [0.3, 0.4) is 0 Å². The second-order valence-corrected chi connectivity index (χ2v) is 4.49. The Morgan fingerprint density at radius 3 is 2.60 bits per heavy atom. The standard InChI is InChI=1S/C14H16N2O4/c15-10(9-4-2-1-3-5-9)6-7-12(17)13-16-11(8-20-13)14(18)19/h1-5,8,10,12,17H,6-7,15H2,(H,18,19). The molecule has 0 aliphatic heterocycles. The number of aromatic nitrogens is 1. The maximum Gasteiger partial charge on any atom is 0.357 e. The van der Waals surface area contributed by atoms with Crippen molar-refractivity contribution in [2.24, 2.45) is 5.73 Å². The summed E-state index contributed by atoms with van der Waals surface area (Å²) in [7, 11) is 0. The number of carboxylic acids is 1. The van der Waals surface area contributed by atoms with Crippen LogP contribution in [0.5, 0.6) is 0 Å². The maximum absolute atomic E-state index is 10.7. The van der Waals surface area contributed by atoms with Gasteiger partial charge in [-0.25, -0.2) is 9.78 Å². The lowest BCUT2D eigenvalue weighted by molar-refractivity contribution is 0.0690. The molecule has 6 nitrogen and oxygen atoms in total. The van der Waals surface area contributed by atoms with Crippen LogP contribution in [0, 0.1) is 0 Å². The zero-order valence-electron chi connectivity index (χ0n) is 10.8. The van der Waals surface area contributed by atoms with Gasteiger partial charge in [0.15, 0.2) is 5.69 Å². The number of oxazole rings is 1. The Morgan fingerprint density at radius 2 is 2.00 bits per heavy atom. The van der Waals surface area contributed by atoms with Crippen LogP contribution in [-0.2, 0) is 0 Å². The Balaban J connectivity index is 1.91. The number of rotatable bonds is 6. The highest BCUT2D eigenvalue weighted by Gasteiger charge is 2.18. The molecule has 2 rings (SSSR count). The minimum atomic E-state index is -1.19. The molecule has 0 spiro atoms. The third-order valence-corrected chi connectivity index (χ3v) is 3.00. The van der Waals surface area contributed by atoms with Crippen molar-refractivity contribution in [3.05, 3.63) is 53.7 Å². The monoisotopic (exact) mass is 276 g/mol. The molecule has 0 fully saturated rings. The summed E-state index contributed by atoms with van der Waals surface area (Å²) in [6, 6.07) is 9.36. The van der Waals surface area contributed by atoms with Gasteiger partial charge in [0.05, 0.1) is 0 Å². The number of carboxylic acid groups (broad SMARTS) is 1. The van der Waals surface area contributed by atoms with Crippen LogP contribution in [0.4, 0.5) is 0 Å². The molecule has 0 saturated carbocycles. The molecule has 6 heteroatoms. The largest absolute Gasteiger partial charge is 0.476 e. The van der Waals surface area contributed by atoms with E-state index in [0.29, 0.717) is 12.8 Å². The lowest BCUT2D eigenvalue weighted by atomic mass is 10.0. The number of benzene rings is 1. The molecular weight excluding hydrogens is 260 g/mol. The molecule has 0 aliphatic carbocycles. The molecule has 20 heavy (non-hydrogen) atoms. The van der Waals surface area contributed by atoms with Crippen LogP contribution in [0.1, 0.15) is 46.9 Å². The van der Waals surface area contributed by atoms with E-state index in [4.69, 9.17) is 15.3 Å². The van der Waals surface area contributed by atoms with Crippen LogP contribution in [0.2, 0.25) is 0 Å². The van der Waals surface area contributed by atoms with Crippen molar-refractivity contribution in [3.8, 4) is 0 Å². The van der Waals surface area contributed by atoms with E-state index in [1.807, 2.05) is 30.3 Å². The summed E-state index contributed by atoms with van der Waals surface area (Å²) in [5.41, 5.74) is 6.79. The summed E-state index contributed by atoms with van der Waals surface area (Å²) in [4.78, 5) is 14.4. The second kappa shape index (κ2) is 6.31. The number of nitrogens with zero attached hydrogens (tertiary/aromatic N) is 1. The molecule has 2 atom stereocenters. The van der Waals surface area contributed by atoms with E-state index in [-0.39, 0.29) is 17.6 Å². The third-order valence-electron chi connectivity index (χ3n) is 3.00. The normalized spacial score (nSPS) is 13.9. The predicted octanol–water partition coefficient (Wildman–Crippen LogP) is 1.89. The Bertz CT molecular complexity index is 568. The first-order valence-corrected chi connectivity index (χ1v) is 6.25. The Morgan fingerprint density at radius 1 is 1.30 bits per heavy atom. The lowest BCUT2D eigenvalue weighted by Crippen LogP contribution is -2.12. The van der Waals surface area contributed by atoms with Gasteiger partial charge in [0, 0.05) is 6.04 Å². The minimum absolute atomic E-state index is 0.00246. The van der Waals surface area contributed by atoms with E-state index in [0.717, 1.165) is 11.8 Å². The number of hydrogen-bond donors (Lipinski definition) is 3. The molecule has 106 valence electrons. The number of hydrogen-bond acceptors (Lipinski definition) is 5. The highest BCUT2D eigenvalue weighted by atomic mass is 16.4. The summed E-state index contributed by atoms with van der Waals surface area (Å²) in [6.07, 6.45) is 0.932. The third kappa shape index (κ3) is 3.43. The summed E-state index contributed by atoms with van der Waals surface area (Å²) in [5.74, 6) is -1.18. The summed E-state index contributed by atoms with van der Waals surface area (Å²) >= 11 is 0. The van der Waals surface area contributed by atoms with Gasteiger partial charge < -0.3 is 20.4 Å². The van der Waals surface area contributed by atoms with Crippen LogP contribution in [0.25, 0.3) is 0 Å². The molecular formula is C14H16N2O4. The fourth-order valence-electron chi connectivity index (χ4n) is 1.87. The van der Waals surface area contributed by atoms with Gasteiger partial charge in [-0.1, -0.05) is 30.3 Å². The molecule has 1 heterocycles. The van der Waals surface area contributed by atoms with E-state index in [1.54, 1.807) is 0 Å². The first kappa shape index (κ1) is 14.2. The molecule has 2 unspecified atom stereocenters. The SMILES string of the molecule is NC(CCC(O)c1nc(C(=O)O)co1)c1ccccc1. The summed E-state index contributed by atoms with van der Waals surface area (Å²) in [6.45, 7) is 0. The molecule has 0 saturated heterocycles. The van der Waals surface area contributed by atoms with Crippen molar-refractivity contribution in [1.82, 2.24) is 4.98 Å². The number of nitrogens with two attached hydrogens (primary N) is 1. The number of aliphatic hydroxyl groups is 1. The molecule has 2 aromatic rings. The van der Waals surface area contributed by atoms with Gasteiger partial charge in [-0.2, -0.15) is 0 Å². The van der Waals surface area contributed by atoms with Crippen LogP contribution in [0.15, 0.2) is 41.0 Å². The van der Waals surface area contributed by atoms with Crippen molar-refractivity contribution in [2.45, 2.75) is 25.0 Å². The first-order valence-electron chi connectivity index (χ1n) is 6.25. The van der Waals surface area contributed by atoms with E-state index >= 15 is 0 Å². The average Bonchev–Trinajstić information content (AvgIpc) is 2.95. The fraction of sp³-hybridized carbons (Fsp3) is 0.286. The highest BCUT2D eigenvalue weighted by molar-refractivity contribution is 5.84. The zero-order valence-corrected chi connectivity index (χ0v) is 10.8. The van der Waals surface area contributed by atoms with Gasteiger partial charge in [0.25, 0.3) is 0 Å². The van der Waals surface area contributed by atoms with Gasteiger partial charge in [-0.05, 0) is 18.4 Å². The van der Waals surface area contributed by atoms with Crippen LogP contribution < -0.4 is 5.73 Å². The summed E-state index contributed by atoms with van der Waals surface area (Å²) < 4.78 is 4.94. The molecule has 0 amide bonds. The van der Waals surface area contributed by atoms with Crippen LogP contribution in [-0.4, -0.2) is 21.2 Å². The van der Waals surface area contributed by atoms with Crippen molar-refractivity contribution in [3.63, 3.8) is 0 Å². The second-order valence-electron chi connectivity index (χ2n) is 4.49. The Hall–Kier alpha value is -2.18. The molecule has 4 N–H and O–H groups in total.